The minimum Gasteiger partial charge on any atom is -0.382 e. The summed E-state index contributed by atoms with van der Waals surface area (Å²) in [5.41, 5.74) is 6.76. The average Bonchev–Trinajstić information content (AvgIpc) is 2.66. The first-order valence-corrected chi connectivity index (χ1v) is 6.55. The van der Waals surface area contributed by atoms with Gasteiger partial charge in [0.2, 0.25) is 0 Å². The van der Waals surface area contributed by atoms with E-state index in [2.05, 4.69) is 5.10 Å². The zero-order valence-electron chi connectivity index (χ0n) is 11.2. The number of fused-ring (bicyclic) bond motifs is 1. The zero-order chi connectivity index (χ0) is 15.0. The Kier molecular flexibility index (Phi) is 3.20. The van der Waals surface area contributed by atoms with Crippen LogP contribution < -0.4 is 10.6 Å². The van der Waals surface area contributed by atoms with E-state index >= 15 is 0 Å². The molecule has 3 rings (SSSR count). The Morgan fingerprint density at radius 2 is 2.14 bits per heavy atom. The molecular weight excluding hydrogens is 277 g/mol. The van der Waals surface area contributed by atoms with E-state index in [1.807, 2.05) is 9.58 Å². The summed E-state index contributed by atoms with van der Waals surface area (Å²) >= 11 is 0. The van der Waals surface area contributed by atoms with Crippen LogP contribution in [0.4, 0.5) is 21.6 Å². The van der Waals surface area contributed by atoms with Gasteiger partial charge in [-0.15, -0.1) is 0 Å². The van der Waals surface area contributed by atoms with Crippen LogP contribution >= 0.6 is 0 Å². The smallest absolute Gasteiger partial charge is 0.295 e. The number of nitrogens with two attached hydrogens (primary N) is 1. The van der Waals surface area contributed by atoms with Crippen molar-refractivity contribution in [2.24, 2.45) is 0 Å². The maximum atomic E-state index is 13.2. The largest absolute Gasteiger partial charge is 0.382 e. The summed E-state index contributed by atoms with van der Waals surface area (Å²) in [5, 5.41) is 15.3. The van der Waals surface area contributed by atoms with Gasteiger partial charge in [0.15, 0.2) is 0 Å². The second-order valence-electron chi connectivity index (χ2n) is 4.95. The monoisotopic (exact) mass is 291 g/mol. The predicted molar refractivity (Wildman–Crippen MR) is 75.4 cm³/mol. The van der Waals surface area contributed by atoms with Gasteiger partial charge < -0.3 is 10.6 Å². The van der Waals surface area contributed by atoms with E-state index < -0.39 is 10.7 Å². The molecule has 0 saturated carbocycles. The van der Waals surface area contributed by atoms with Crippen LogP contribution in [-0.4, -0.2) is 21.2 Å². The Morgan fingerprint density at radius 3 is 2.90 bits per heavy atom. The molecule has 0 unspecified atom stereocenters. The standard InChI is InChI=1S/C13H14FN5O2/c14-9-2-3-11(12(6-9)19(20)21)17-4-1-5-18-10(8-17)7-13(15)16-18/h2-3,6-7H,1,4-5,8H2,(H2,15,16). The number of aryl methyl sites for hydroxylation is 1. The SMILES string of the molecule is Nc1cc2n(n1)CCCN(c1ccc(F)cc1[N+](=O)[O-])C2. The number of nitrogens with zero attached hydrogens (tertiary/aromatic N) is 4. The lowest BCUT2D eigenvalue weighted by molar-refractivity contribution is -0.384. The number of halogens is 1. The van der Waals surface area contributed by atoms with Gasteiger partial charge in [-0.3, -0.25) is 14.8 Å². The molecule has 110 valence electrons. The van der Waals surface area contributed by atoms with E-state index in [1.54, 1.807) is 6.07 Å². The summed E-state index contributed by atoms with van der Waals surface area (Å²) in [6.45, 7) is 1.80. The van der Waals surface area contributed by atoms with Gasteiger partial charge in [-0.1, -0.05) is 0 Å². The molecule has 0 atom stereocenters. The van der Waals surface area contributed by atoms with Gasteiger partial charge in [0.25, 0.3) is 5.69 Å². The number of nitro benzene ring substituents is 1. The van der Waals surface area contributed by atoms with Crippen LogP contribution in [0.25, 0.3) is 0 Å². The summed E-state index contributed by atoms with van der Waals surface area (Å²) in [4.78, 5) is 12.4. The molecule has 0 saturated heterocycles. The molecule has 7 nitrogen and oxygen atoms in total. The molecule has 2 N–H and O–H groups in total. The Morgan fingerprint density at radius 1 is 1.33 bits per heavy atom. The highest BCUT2D eigenvalue weighted by Crippen LogP contribution is 2.31. The van der Waals surface area contributed by atoms with Crippen molar-refractivity contribution in [2.45, 2.75) is 19.5 Å². The van der Waals surface area contributed by atoms with Crippen molar-refractivity contribution >= 4 is 17.2 Å². The minimum absolute atomic E-state index is 0.226. The van der Waals surface area contributed by atoms with Crippen molar-refractivity contribution in [3.63, 3.8) is 0 Å². The van der Waals surface area contributed by atoms with Crippen LogP contribution in [-0.2, 0) is 13.1 Å². The third-order valence-corrected chi connectivity index (χ3v) is 3.51. The number of nitro groups is 1. The van der Waals surface area contributed by atoms with Crippen molar-refractivity contribution in [3.05, 3.63) is 45.9 Å². The topological polar surface area (TPSA) is 90.2 Å². The Bertz CT molecular complexity index is 700. The van der Waals surface area contributed by atoms with E-state index in [-0.39, 0.29) is 5.69 Å². The highest BCUT2D eigenvalue weighted by molar-refractivity contribution is 5.63. The lowest BCUT2D eigenvalue weighted by atomic mass is 10.2. The van der Waals surface area contributed by atoms with Gasteiger partial charge in [0.05, 0.1) is 23.2 Å². The molecule has 0 radical (unpaired) electrons. The molecule has 0 amide bonds. The van der Waals surface area contributed by atoms with Gasteiger partial charge in [-0.2, -0.15) is 5.10 Å². The maximum absolute atomic E-state index is 13.2. The summed E-state index contributed by atoms with van der Waals surface area (Å²) < 4.78 is 15.1. The van der Waals surface area contributed by atoms with Crippen LogP contribution in [0.2, 0.25) is 0 Å². The maximum Gasteiger partial charge on any atom is 0.295 e. The summed E-state index contributed by atoms with van der Waals surface area (Å²) in [6.07, 6.45) is 0.780. The molecule has 1 aliphatic heterocycles. The molecule has 0 fully saturated rings. The minimum atomic E-state index is -0.616. The van der Waals surface area contributed by atoms with Gasteiger partial charge in [0, 0.05) is 19.2 Å². The first kappa shape index (κ1) is 13.3. The van der Waals surface area contributed by atoms with Crippen LogP contribution in [0.3, 0.4) is 0 Å². The molecule has 1 aliphatic rings. The molecule has 2 heterocycles. The zero-order valence-corrected chi connectivity index (χ0v) is 11.2. The second kappa shape index (κ2) is 5.04. The highest BCUT2D eigenvalue weighted by Gasteiger charge is 2.23. The normalized spacial score (nSPS) is 14.6. The molecule has 8 heteroatoms. The highest BCUT2D eigenvalue weighted by atomic mass is 19.1. The molecule has 0 aliphatic carbocycles. The van der Waals surface area contributed by atoms with Crippen molar-refractivity contribution < 1.29 is 9.31 Å². The number of rotatable bonds is 2. The Balaban J connectivity index is 1.99. The number of anilines is 2. The Hall–Kier alpha value is -2.64. The summed E-state index contributed by atoms with van der Waals surface area (Å²) in [5.74, 6) is -0.185. The van der Waals surface area contributed by atoms with Gasteiger partial charge >= 0.3 is 0 Å². The predicted octanol–water partition coefficient (Wildman–Crippen LogP) is 1.92. The molecule has 1 aromatic heterocycles. The number of hydrogen-bond donors (Lipinski definition) is 1. The van der Waals surface area contributed by atoms with E-state index in [4.69, 9.17) is 5.73 Å². The molecule has 1 aromatic carbocycles. The number of benzene rings is 1. The quantitative estimate of drug-likeness (QED) is 0.674. The fraction of sp³-hybridized carbons (Fsp3) is 0.308. The van der Waals surface area contributed by atoms with Crippen molar-refractivity contribution in [2.75, 3.05) is 17.2 Å². The van der Waals surface area contributed by atoms with E-state index in [9.17, 15) is 14.5 Å². The van der Waals surface area contributed by atoms with E-state index in [0.29, 0.717) is 31.1 Å². The van der Waals surface area contributed by atoms with Crippen molar-refractivity contribution in [1.29, 1.82) is 0 Å². The molecule has 0 spiro atoms. The first-order valence-electron chi connectivity index (χ1n) is 6.55. The van der Waals surface area contributed by atoms with Crippen LogP contribution in [0, 0.1) is 15.9 Å². The van der Waals surface area contributed by atoms with Gasteiger partial charge in [-0.05, 0) is 18.6 Å². The van der Waals surface area contributed by atoms with E-state index in [1.165, 1.54) is 12.1 Å². The summed E-state index contributed by atoms with van der Waals surface area (Å²) in [7, 11) is 0. The number of hydrogen-bond acceptors (Lipinski definition) is 5. The van der Waals surface area contributed by atoms with Crippen LogP contribution in [0.15, 0.2) is 24.3 Å². The number of nitrogen functional groups attached to an aromatic ring is 1. The average molecular weight is 291 g/mol. The Labute approximate surface area is 119 Å². The van der Waals surface area contributed by atoms with Gasteiger partial charge in [-0.25, -0.2) is 4.39 Å². The molecular formula is C13H14FN5O2. The van der Waals surface area contributed by atoms with Crippen LogP contribution in [0.1, 0.15) is 12.1 Å². The van der Waals surface area contributed by atoms with Crippen molar-refractivity contribution in [3.8, 4) is 0 Å². The first-order chi connectivity index (χ1) is 10.0. The third kappa shape index (κ3) is 2.51. The lowest BCUT2D eigenvalue weighted by Crippen LogP contribution is -2.23. The fourth-order valence-electron chi connectivity index (χ4n) is 2.60. The third-order valence-electron chi connectivity index (χ3n) is 3.51. The molecule has 21 heavy (non-hydrogen) atoms. The van der Waals surface area contributed by atoms with Crippen LogP contribution in [0.5, 0.6) is 0 Å². The van der Waals surface area contributed by atoms with Crippen molar-refractivity contribution in [1.82, 2.24) is 9.78 Å². The number of aromatic nitrogens is 2. The van der Waals surface area contributed by atoms with Gasteiger partial charge in [0.1, 0.15) is 17.3 Å². The second-order valence-corrected chi connectivity index (χ2v) is 4.95. The summed E-state index contributed by atoms with van der Waals surface area (Å²) in [6, 6.07) is 5.39. The fourth-order valence-corrected chi connectivity index (χ4v) is 2.60. The lowest BCUT2D eigenvalue weighted by Gasteiger charge is -2.21. The molecule has 0 bridgehead atoms. The van der Waals surface area contributed by atoms with E-state index in [0.717, 1.165) is 18.2 Å². The molecule has 2 aromatic rings.